The van der Waals surface area contributed by atoms with Crippen molar-refractivity contribution in [3.05, 3.63) is 48.0 Å². The summed E-state index contributed by atoms with van der Waals surface area (Å²) < 4.78 is 18.5. The Morgan fingerprint density at radius 3 is 2.60 bits per heavy atom. The van der Waals surface area contributed by atoms with Crippen molar-refractivity contribution in [1.82, 2.24) is 10.6 Å². The van der Waals surface area contributed by atoms with E-state index in [0.29, 0.717) is 25.4 Å². The molecule has 2 rings (SSSR count). The molecule has 2 amide bonds. The first kappa shape index (κ1) is 14.1. The highest BCUT2D eigenvalue weighted by Gasteiger charge is 2.04. The molecule has 0 bridgehead atoms. The Hall–Kier alpha value is -2.34. The number of rotatable bonds is 6. The highest BCUT2D eigenvalue weighted by Crippen LogP contribution is 2.22. The maximum absolute atomic E-state index is 12.8. The number of primary amides is 1. The average Bonchev–Trinajstić information content (AvgIpc) is 2.87. The van der Waals surface area contributed by atoms with Crippen LogP contribution in [0.2, 0.25) is 0 Å². The van der Waals surface area contributed by atoms with Crippen LogP contribution in [0.4, 0.5) is 9.18 Å². The van der Waals surface area contributed by atoms with Gasteiger partial charge >= 0.3 is 6.03 Å². The number of halogens is 1. The maximum atomic E-state index is 12.8. The van der Waals surface area contributed by atoms with Crippen LogP contribution >= 0.6 is 0 Å². The van der Waals surface area contributed by atoms with Crippen molar-refractivity contribution in [2.24, 2.45) is 5.73 Å². The Labute approximate surface area is 116 Å². The zero-order valence-electron chi connectivity index (χ0n) is 10.9. The van der Waals surface area contributed by atoms with E-state index in [2.05, 4.69) is 10.6 Å². The molecular weight excluding hydrogens is 261 g/mol. The summed E-state index contributed by atoms with van der Waals surface area (Å²) in [4.78, 5) is 10.5. The van der Waals surface area contributed by atoms with Crippen LogP contribution in [0.3, 0.4) is 0 Å². The lowest BCUT2D eigenvalue weighted by atomic mass is 10.2. The monoisotopic (exact) mass is 277 g/mol. The van der Waals surface area contributed by atoms with Crippen LogP contribution in [0.1, 0.15) is 5.76 Å². The Morgan fingerprint density at radius 2 is 1.90 bits per heavy atom. The van der Waals surface area contributed by atoms with Crippen molar-refractivity contribution in [1.29, 1.82) is 0 Å². The van der Waals surface area contributed by atoms with E-state index in [1.54, 1.807) is 12.1 Å². The van der Waals surface area contributed by atoms with Crippen molar-refractivity contribution in [2.45, 2.75) is 6.54 Å². The molecule has 1 heterocycles. The Balaban J connectivity index is 1.83. The maximum Gasteiger partial charge on any atom is 0.312 e. The van der Waals surface area contributed by atoms with Crippen LogP contribution in [0.15, 0.2) is 40.8 Å². The summed E-state index contributed by atoms with van der Waals surface area (Å²) >= 11 is 0. The molecule has 0 saturated heterocycles. The average molecular weight is 277 g/mol. The predicted octanol–water partition coefficient (Wildman–Crippen LogP) is 1.84. The standard InChI is InChI=1S/C14H16FN3O2/c15-11-3-1-10(2-4-11)13-6-5-12(20-13)9-17-7-8-18-14(16)19/h1-6,17H,7-9H2,(H3,16,18,19). The molecule has 1 aromatic heterocycles. The fourth-order valence-corrected chi connectivity index (χ4v) is 1.73. The number of amides is 2. The van der Waals surface area contributed by atoms with E-state index in [4.69, 9.17) is 10.2 Å². The minimum absolute atomic E-state index is 0.274. The molecule has 0 atom stereocenters. The van der Waals surface area contributed by atoms with E-state index in [-0.39, 0.29) is 5.82 Å². The summed E-state index contributed by atoms with van der Waals surface area (Å²) in [5.41, 5.74) is 5.77. The zero-order chi connectivity index (χ0) is 14.4. The van der Waals surface area contributed by atoms with Gasteiger partial charge in [-0.25, -0.2) is 9.18 Å². The van der Waals surface area contributed by atoms with E-state index >= 15 is 0 Å². The molecule has 0 aliphatic heterocycles. The van der Waals surface area contributed by atoms with Gasteiger partial charge < -0.3 is 20.8 Å². The SMILES string of the molecule is NC(=O)NCCNCc1ccc(-c2ccc(F)cc2)o1. The van der Waals surface area contributed by atoms with Gasteiger partial charge in [0.15, 0.2) is 0 Å². The van der Waals surface area contributed by atoms with Gasteiger partial charge in [-0.3, -0.25) is 0 Å². The number of benzene rings is 1. The Kier molecular flexibility index (Phi) is 4.73. The molecule has 2 aromatic rings. The minimum atomic E-state index is -0.539. The van der Waals surface area contributed by atoms with Crippen LogP contribution in [-0.2, 0) is 6.54 Å². The molecule has 6 heteroatoms. The normalized spacial score (nSPS) is 10.4. The third-order valence-electron chi connectivity index (χ3n) is 2.69. The molecule has 0 fully saturated rings. The second-order valence-corrected chi connectivity index (χ2v) is 4.24. The highest BCUT2D eigenvalue weighted by molar-refractivity contribution is 5.71. The fourth-order valence-electron chi connectivity index (χ4n) is 1.73. The minimum Gasteiger partial charge on any atom is -0.460 e. The summed E-state index contributed by atoms with van der Waals surface area (Å²) in [7, 11) is 0. The molecule has 0 aliphatic carbocycles. The number of urea groups is 1. The third kappa shape index (κ3) is 4.10. The molecule has 0 spiro atoms. The van der Waals surface area contributed by atoms with Crippen LogP contribution in [-0.4, -0.2) is 19.1 Å². The quantitative estimate of drug-likeness (QED) is 0.705. The van der Waals surface area contributed by atoms with Crippen molar-refractivity contribution in [3.8, 4) is 11.3 Å². The second-order valence-electron chi connectivity index (χ2n) is 4.24. The molecule has 106 valence electrons. The van der Waals surface area contributed by atoms with E-state index in [0.717, 1.165) is 11.3 Å². The van der Waals surface area contributed by atoms with Gasteiger partial charge in [0.1, 0.15) is 17.3 Å². The number of furan rings is 1. The number of carbonyl (C=O) groups excluding carboxylic acids is 1. The number of nitrogens with one attached hydrogen (secondary N) is 2. The number of carbonyl (C=O) groups is 1. The predicted molar refractivity (Wildman–Crippen MR) is 73.4 cm³/mol. The topological polar surface area (TPSA) is 80.3 Å². The van der Waals surface area contributed by atoms with Gasteiger partial charge in [-0.1, -0.05) is 0 Å². The van der Waals surface area contributed by atoms with Gasteiger partial charge in [0, 0.05) is 18.7 Å². The van der Waals surface area contributed by atoms with E-state index in [1.807, 2.05) is 12.1 Å². The number of hydrogen-bond donors (Lipinski definition) is 3. The van der Waals surface area contributed by atoms with Crippen LogP contribution in [0.5, 0.6) is 0 Å². The summed E-state index contributed by atoms with van der Waals surface area (Å²) in [6, 6.07) is 9.28. The molecule has 20 heavy (non-hydrogen) atoms. The van der Waals surface area contributed by atoms with E-state index in [9.17, 15) is 9.18 Å². The lowest BCUT2D eigenvalue weighted by molar-refractivity contribution is 0.249. The number of nitrogens with two attached hydrogens (primary N) is 1. The third-order valence-corrected chi connectivity index (χ3v) is 2.69. The summed E-state index contributed by atoms with van der Waals surface area (Å²) in [6.45, 7) is 1.60. The van der Waals surface area contributed by atoms with Gasteiger partial charge in [-0.2, -0.15) is 0 Å². The molecule has 0 saturated carbocycles. The van der Waals surface area contributed by atoms with Gasteiger partial charge in [-0.15, -0.1) is 0 Å². The molecular formula is C14H16FN3O2. The summed E-state index contributed by atoms with van der Waals surface area (Å²) in [6.07, 6.45) is 0. The van der Waals surface area contributed by atoms with Crippen LogP contribution < -0.4 is 16.4 Å². The van der Waals surface area contributed by atoms with Crippen molar-refractivity contribution in [3.63, 3.8) is 0 Å². The molecule has 0 radical (unpaired) electrons. The lowest BCUT2D eigenvalue weighted by Gasteiger charge is -2.03. The van der Waals surface area contributed by atoms with E-state index < -0.39 is 6.03 Å². The first-order valence-electron chi connectivity index (χ1n) is 6.24. The first-order chi connectivity index (χ1) is 9.65. The van der Waals surface area contributed by atoms with E-state index in [1.165, 1.54) is 12.1 Å². The molecule has 1 aromatic carbocycles. The summed E-state index contributed by atoms with van der Waals surface area (Å²) in [5, 5.41) is 5.59. The Bertz CT molecular complexity index is 566. The zero-order valence-corrected chi connectivity index (χ0v) is 10.9. The van der Waals surface area contributed by atoms with Crippen molar-refractivity contribution < 1.29 is 13.6 Å². The van der Waals surface area contributed by atoms with Gasteiger partial charge in [-0.05, 0) is 36.4 Å². The van der Waals surface area contributed by atoms with Crippen molar-refractivity contribution in [2.75, 3.05) is 13.1 Å². The smallest absolute Gasteiger partial charge is 0.312 e. The lowest BCUT2D eigenvalue weighted by Crippen LogP contribution is -2.35. The van der Waals surface area contributed by atoms with Gasteiger partial charge in [0.05, 0.1) is 6.54 Å². The van der Waals surface area contributed by atoms with Crippen LogP contribution in [0.25, 0.3) is 11.3 Å². The molecule has 0 unspecified atom stereocenters. The summed E-state index contributed by atoms with van der Waals surface area (Å²) in [5.74, 6) is 1.18. The molecule has 4 N–H and O–H groups in total. The fraction of sp³-hybridized carbons (Fsp3) is 0.214. The largest absolute Gasteiger partial charge is 0.460 e. The molecule has 0 aliphatic rings. The van der Waals surface area contributed by atoms with Gasteiger partial charge in [0.2, 0.25) is 0 Å². The second kappa shape index (κ2) is 6.72. The number of hydrogen-bond acceptors (Lipinski definition) is 3. The van der Waals surface area contributed by atoms with Crippen LogP contribution in [0, 0.1) is 5.82 Å². The van der Waals surface area contributed by atoms with Gasteiger partial charge in [0.25, 0.3) is 0 Å². The Morgan fingerprint density at radius 1 is 1.15 bits per heavy atom. The van der Waals surface area contributed by atoms with Crippen molar-refractivity contribution >= 4 is 6.03 Å². The first-order valence-corrected chi connectivity index (χ1v) is 6.24. The highest BCUT2D eigenvalue weighted by atomic mass is 19.1. The molecule has 5 nitrogen and oxygen atoms in total.